The van der Waals surface area contributed by atoms with Crippen molar-refractivity contribution in [3.05, 3.63) is 0 Å². The van der Waals surface area contributed by atoms with E-state index in [1.54, 1.807) is 13.8 Å². The second kappa shape index (κ2) is 22.9. The van der Waals surface area contributed by atoms with Crippen LogP contribution in [0.25, 0.3) is 0 Å². The van der Waals surface area contributed by atoms with Gasteiger partial charge in [0.25, 0.3) is 5.91 Å². The Morgan fingerprint density at radius 2 is 1.14 bits per heavy atom. The number of carbonyl (C=O) groups is 7. The van der Waals surface area contributed by atoms with E-state index >= 15 is 0 Å². The number of amides is 3. The summed E-state index contributed by atoms with van der Waals surface area (Å²) in [6.45, 7) is 9.11. The van der Waals surface area contributed by atoms with Gasteiger partial charge in [-0.05, 0) is 78.7 Å². The fourth-order valence-corrected chi connectivity index (χ4v) is 4.02. The van der Waals surface area contributed by atoms with E-state index in [2.05, 4.69) is 20.9 Å². The lowest BCUT2D eigenvalue weighted by Crippen LogP contribution is -2.54. The number of carboxylic acids is 1. The number of nitrogens with zero attached hydrogens (tertiary/aromatic N) is 1. The molecule has 0 radical (unpaired) electrons. The van der Waals surface area contributed by atoms with Crippen LogP contribution < -0.4 is 38.9 Å². The van der Waals surface area contributed by atoms with Crippen molar-refractivity contribution in [3.8, 4) is 0 Å². The molecule has 0 aromatic heterocycles. The fraction of sp³-hybridized carbons (Fsp3) is 0.733. The summed E-state index contributed by atoms with van der Waals surface area (Å²) < 4.78 is 15.3. The maximum absolute atomic E-state index is 13.2. The summed E-state index contributed by atoms with van der Waals surface area (Å²) in [5.74, 6) is -6.95. The van der Waals surface area contributed by atoms with Crippen LogP contribution in [-0.2, 0) is 47.8 Å². The maximum atomic E-state index is 13.2. The highest BCUT2D eigenvalue weighted by Crippen LogP contribution is 2.11. The number of unbranched alkanes of at least 4 members (excludes halogenated alkanes) is 1. The third-order valence-corrected chi connectivity index (χ3v) is 6.77. The average Bonchev–Trinajstić information content (AvgIpc) is 3.00. The molecule has 3 amide bonds. The van der Waals surface area contributed by atoms with Crippen molar-refractivity contribution in [2.24, 2.45) is 33.8 Å². The molecule has 0 unspecified atom stereocenters. The zero-order valence-electron chi connectivity index (χ0n) is 29.1. The van der Waals surface area contributed by atoms with Crippen LogP contribution in [0, 0.1) is 5.92 Å². The molecule has 0 heterocycles. The molecule has 7 atom stereocenters. The molecular formula is C30H54N8O11. The van der Waals surface area contributed by atoms with Crippen molar-refractivity contribution in [2.45, 2.75) is 123 Å². The number of carbonyl (C=O) groups excluding carboxylic acids is 6. The van der Waals surface area contributed by atoms with Gasteiger partial charge in [-0.2, -0.15) is 0 Å². The molecule has 0 aliphatic heterocycles. The van der Waals surface area contributed by atoms with Crippen LogP contribution in [-0.4, -0.2) is 108 Å². The molecule has 12 N–H and O–H groups in total. The first kappa shape index (κ1) is 44.5. The summed E-state index contributed by atoms with van der Waals surface area (Å²) in [7, 11) is 0. The summed E-state index contributed by atoms with van der Waals surface area (Å²) in [5.41, 5.74) is 21.7. The summed E-state index contributed by atoms with van der Waals surface area (Å²) >= 11 is 0. The molecule has 0 saturated heterocycles. The quantitative estimate of drug-likeness (QED) is 0.0186. The molecule has 0 fully saturated rings. The number of aliphatic carboxylic acids is 1. The Morgan fingerprint density at radius 1 is 0.653 bits per heavy atom. The number of ether oxygens (including phenoxy) is 3. The number of guanidine groups is 1. The van der Waals surface area contributed by atoms with Crippen LogP contribution in [0.4, 0.5) is 0 Å². The van der Waals surface area contributed by atoms with Crippen LogP contribution in [0.5, 0.6) is 0 Å². The van der Waals surface area contributed by atoms with Gasteiger partial charge in [-0.1, -0.05) is 13.8 Å². The number of rotatable bonds is 23. The third kappa shape index (κ3) is 18.6. The van der Waals surface area contributed by atoms with E-state index < -0.39 is 84.1 Å². The predicted molar refractivity (Wildman–Crippen MR) is 176 cm³/mol. The van der Waals surface area contributed by atoms with Crippen LogP contribution in [0.2, 0.25) is 0 Å². The van der Waals surface area contributed by atoms with E-state index in [1.165, 1.54) is 20.8 Å². The number of hydrogen-bond acceptors (Lipinski definition) is 13. The van der Waals surface area contributed by atoms with Gasteiger partial charge in [0.2, 0.25) is 11.8 Å². The Hall–Kier alpha value is -4.52. The number of aliphatic imine (C=N–C) groups is 1. The highest BCUT2D eigenvalue weighted by atomic mass is 16.6. The summed E-state index contributed by atoms with van der Waals surface area (Å²) in [4.78, 5) is 91.4. The molecule has 0 aliphatic rings. The van der Waals surface area contributed by atoms with E-state index in [4.69, 9.17) is 37.1 Å². The molecule has 19 nitrogen and oxygen atoms in total. The number of nitrogens with one attached hydrogen (secondary N) is 3. The van der Waals surface area contributed by atoms with Gasteiger partial charge in [-0.25, -0.2) is 19.2 Å². The van der Waals surface area contributed by atoms with Gasteiger partial charge < -0.3 is 58.2 Å². The summed E-state index contributed by atoms with van der Waals surface area (Å²) in [6, 6.07) is -4.47. The molecule has 0 aromatic rings. The second-order valence-electron chi connectivity index (χ2n) is 11.9. The number of hydrogen-bond donors (Lipinski definition) is 8. The number of carboxylic acid groups (broad SMARTS) is 1. The minimum absolute atomic E-state index is 0.104. The van der Waals surface area contributed by atoms with E-state index in [1.807, 2.05) is 0 Å². The number of esters is 3. The topological polar surface area (TPSA) is 320 Å². The minimum atomic E-state index is -1.54. The lowest BCUT2D eigenvalue weighted by molar-refractivity contribution is -0.180. The Balaban J connectivity index is 5.37. The van der Waals surface area contributed by atoms with E-state index in [0.717, 1.165) is 6.92 Å². The van der Waals surface area contributed by atoms with Gasteiger partial charge in [-0.15, -0.1) is 0 Å². The van der Waals surface area contributed by atoms with E-state index in [0.29, 0.717) is 25.8 Å². The van der Waals surface area contributed by atoms with Crippen molar-refractivity contribution >= 4 is 47.6 Å². The summed E-state index contributed by atoms with van der Waals surface area (Å²) in [5, 5.41) is 16.7. The Kier molecular flexibility index (Phi) is 20.8. The second-order valence-corrected chi connectivity index (χ2v) is 11.9. The highest BCUT2D eigenvalue weighted by Gasteiger charge is 2.33. The van der Waals surface area contributed by atoms with Gasteiger partial charge >= 0.3 is 23.9 Å². The van der Waals surface area contributed by atoms with Crippen molar-refractivity contribution < 1.29 is 52.9 Å². The molecule has 19 heteroatoms. The SMILES string of the molecule is CC(C)C[C@H](NC(=O)[C@H](CCCN=C(N)N)NC(=O)[C@H](C)N)C(=O)O[C@H](C)C(=O)O[C@H](C)C(=O)O[C@H](C)C(=O)N[C@@H](CCCCN)C(=O)O. The van der Waals surface area contributed by atoms with Gasteiger partial charge in [0.05, 0.1) is 6.04 Å². The monoisotopic (exact) mass is 702 g/mol. The van der Waals surface area contributed by atoms with Crippen LogP contribution in [0.1, 0.15) is 80.1 Å². The normalized spacial score (nSPS) is 15.2. The summed E-state index contributed by atoms with van der Waals surface area (Å²) in [6.07, 6.45) is -2.84. The van der Waals surface area contributed by atoms with Crippen LogP contribution in [0.15, 0.2) is 4.99 Å². The molecule has 0 bridgehead atoms. The van der Waals surface area contributed by atoms with Crippen LogP contribution in [0.3, 0.4) is 0 Å². The third-order valence-electron chi connectivity index (χ3n) is 6.77. The fourth-order valence-electron chi connectivity index (χ4n) is 4.02. The largest absolute Gasteiger partial charge is 0.480 e. The van der Waals surface area contributed by atoms with Crippen molar-refractivity contribution in [1.29, 1.82) is 0 Å². The van der Waals surface area contributed by atoms with Crippen molar-refractivity contribution in [1.82, 2.24) is 16.0 Å². The van der Waals surface area contributed by atoms with E-state index in [-0.39, 0.29) is 37.7 Å². The highest BCUT2D eigenvalue weighted by molar-refractivity contribution is 5.92. The van der Waals surface area contributed by atoms with Gasteiger partial charge in [0, 0.05) is 6.54 Å². The Morgan fingerprint density at radius 3 is 1.63 bits per heavy atom. The molecule has 0 aromatic carbocycles. The maximum Gasteiger partial charge on any atom is 0.347 e. The number of nitrogens with two attached hydrogens (primary N) is 4. The first-order chi connectivity index (χ1) is 22.8. The zero-order chi connectivity index (χ0) is 37.8. The van der Waals surface area contributed by atoms with Gasteiger partial charge in [-0.3, -0.25) is 19.4 Å². The predicted octanol–water partition coefficient (Wildman–Crippen LogP) is -2.10. The molecule has 0 saturated carbocycles. The molecular weight excluding hydrogens is 648 g/mol. The lowest BCUT2D eigenvalue weighted by atomic mass is 10.0. The zero-order valence-corrected chi connectivity index (χ0v) is 29.1. The van der Waals surface area contributed by atoms with Crippen molar-refractivity contribution in [3.63, 3.8) is 0 Å². The molecule has 0 spiro atoms. The molecule has 0 rings (SSSR count). The van der Waals surface area contributed by atoms with Crippen LogP contribution >= 0.6 is 0 Å². The lowest BCUT2D eigenvalue weighted by Gasteiger charge is -2.25. The average molecular weight is 703 g/mol. The Bertz CT molecular complexity index is 1160. The van der Waals surface area contributed by atoms with E-state index in [9.17, 15) is 38.7 Å². The molecule has 0 aliphatic carbocycles. The Labute approximate surface area is 285 Å². The van der Waals surface area contributed by atoms with Crippen molar-refractivity contribution in [2.75, 3.05) is 13.1 Å². The first-order valence-electron chi connectivity index (χ1n) is 16.1. The standard InChI is InChI=1S/C30H54N8O11/c1-15(2)14-22(38-25(41)20(36-23(39)16(3)32)11-9-13-35-30(33)34)29(46)49-19(6)28(45)48-18(5)27(44)47-17(4)24(40)37-21(26(42)43)10-7-8-12-31/h15-22H,7-14,31-32H2,1-6H3,(H,36,39)(H,37,40)(H,38,41)(H,42,43)(H4,33,34,35)/t16-,17+,18+,19+,20-,21-,22-/m0/s1. The molecule has 49 heavy (non-hydrogen) atoms. The molecule has 280 valence electrons. The smallest absolute Gasteiger partial charge is 0.347 e. The first-order valence-corrected chi connectivity index (χ1v) is 16.1. The minimum Gasteiger partial charge on any atom is -0.480 e. The van der Waals surface area contributed by atoms with Gasteiger partial charge in [0.1, 0.15) is 18.1 Å². The van der Waals surface area contributed by atoms with Gasteiger partial charge in [0.15, 0.2) is 24.3 Å².